The second kappa shape index (κ2) is 5.28. The Hall–Kier alpha value is -3.08. The summed E-state index contributed by atoms with van der Waals surface area (Å²) in [6.07, 6.45) is 3.93. The molecule has 2 aromatic carbocycles. The maximum atomic E-state index is 12.6. The van der Waals surface area contributed by atoms with Crippen molar-refractivity contribution in [1.29, 1.82) is 0 Å². The van der Waals surface area contributed by atoms with Crippen molar-refractivity contribution in [2.24, 2.45) is 0 Å². The average Bonchev–Trinajstić information content (AvgIpc) is 3.18. The molecule has 1 aromatic heterocycles. The first-order valence-corrected chi connectivity index (χ1v) is 7.40. The van der Waals surface area contributed by atoms with Crippen LogP contribution in [0.15, 0.2) is 61.1 Å². The standard InChI is InChI=1S/C18H13N3O2/c22-18(12-4-3-5-13(8-12)20-23)9-16-14-6-1-2-7-15(14)17-10-19-11-21(16)17/h1-8,10-11,16H,9H2/p+1. The fourth-order valence-corrected chi connectivity index (χ4v) is 3.19. The maximum Gasteiger partial charge on any atom is 0.254 e. The summed E-state index contributed by atoms with van der Waals surface area (Å²) in [5, 5.41) is 1.83. The highest BCUT2D eigenvalue weighted by atomic mass is 16.3. The van der Waals surface area contributed by atoms with Gasteiger partial charge in [-0.1, -0.05) is 36.4 Å². The van der Waals surface area contributed by atoms with Crippen LogP contribution < -0.4 is 5.18 Å². The van der Waals surface area contributed by atoms with Gasteiger partial charge in [0.25, 0.3) is 5.69 Å². The highest BCUT2D eigenvalue weighted by Gasteiger charge is 2.30. The zero-order valence-corrected chi connectivity index (χ0v) is 12.3. The number of hydrogen-bond acceptors (Lipinski definition) is 3. The fourth-order valence-electron chi connectivity index (χ4n) is 3.19. The number of ketones is 1. The van der Waals surface area contributed by atoms with Crippen LogP contribution in [0.1, 0.15) is 28.4 Å². The van der Waals surface area contributed by atoms with E-state index in [4.69, 9.17) is 0 Å². The van der Waals surface area contributed by atoms with E-state index in [1.807, 2.05) is 28.1 Å². The van der Waals surface area contributed by atoms with Crippen LogP contribution >= 0.6 is 0 Å². The van der Waals surface area contributed by atoms with E-state index in [1.165, 1.54) is 0 Å². The summed E-state index contributed by atoms with van der Waals surface area (Å²) in [7, 11) is 0. The smallest absolute Gasteiger partial charge is 0.254 e. The molecule has 0 radical (unpaired) electrons. The predicted octanol–water partition coefficient (Wildman–Crippen LogP) is 2.20. The first-order valence-electron chi connectivity index (χ1n) is 7.40. The second-order valence-corrected chi connectivity index (χ2v) is 5.60. The van der Waals surface area contributed by atoms with Crippen LogP contribution in [-0.2, 0) is 0 Å². The summed E-state index contributed by atoms with van der Waals surface area (Å²) in [6.45, 7) is 0. The fraction of sp³-hybridized carbons (Fsp3) is 0.111. The molecule has 0 saturated heterocycles. The lowest BCUT2D eigenvalue weighted by Crippen LogP contribution is -2.55. The van der Waals surface area contributed by atoms with Gasteiger partial charge in [-0.2, -0.15) is 0 Å². The third kappa shape index (κ3) is 2.17. The molecule has 0 amide bonds. The third-order valence-corrected chi connectivity index (χ3v) is 4.28. The van der Waals surface area contributed by atoms with Crippen molar-refractivity contribution in [3.63, 3.8) is 0 Å². The van der Waals surface area contributed by atoms with E-state index < -0.39 is 0 Å². The van der Waals surface area contributed by atoms with Gasteiger partial charge in [0, 0.05) is 39.8 Å². The molecule has 1 atom stereocenters. The van der Waals surface area contributed by atoms with Gasteiger partial charge in [-0.05, 0) is 5.56 Å². The molecule has 1 N–H and O–H groups in total. The molecule has 4 rings (SSSR count). The molecule has 5 heteroatoms. The molecule has 1 aliphatic rings. The first kappa shape index (κ1) is 13.6. The Bertz CT molecular complexity index is 914. The molecule has 1 unspecified atom stereocenters. The van der Waals surface area contributed by atoms with E-state index in [0.717, 1.165) is 16.8 Å². The number of Topliss-reactive ketones (excluding diaryl/α,β-unsaturated/α-hetero) is 1. The van der Waals surface area contributed by atoms with Crippen molar-refractivity contribution >= 4 is 11.5 Å². The Morgan fingerprint density at radius 3 is 2.91 bits per heavy atom. The van der Waals surface area contributed by atoms with Crippen molar-refractivity contribution in [2.75, 3.05) is 0 Å². The molecule has 0 saturated carbocycles. The topological polar surface area (TPSA) is 65.9 Å². The molecular weight excluding hydrogens is 290 g/mol. The summed E-state index contributed by atoms with van der Waals surface area (Å²) >= 11 is 0. The number of imidazole rings is 1. The van der Waals surface area contributed by atoms with Crippen molar-refractivity contribution in [3.8, 4) is 11.3 Å². The zero-order valence-electron chi connectivity index (χ0n) is 12.3. The second-order valence-electron chi connectivity index (χ2n) is 5.60. The lowest BCUT2D eigenvalue weighted by Gasteiger charge is -2.13. The molecule has 0 bridgehead atoms. The van der Waals surface area contributed by atoms with Gasteiger partial charge in [-0.3, -0.25) is 4.79 Å². The molecule has 3 aromatic rings. The van der Waals surface area contributed by atoms with Gasteiger partial charge in [0.1, 0.15) is 0 Å². The van der Waals surface area contributed by atoms with Gasteiger partial charge < -0.3 is 4.57 Å². The van der Waals surface area contributed by atoms with Crippen LogP contribution in [0.2, 0.25) is 0 Å². The van der Waals surface area contributed by atoms with Crippen molar-refractivity contribution < 1.29 is 9.97 Å². The van der Waals surface area contributed by atoms with E-state index in [9.17, 15) is 9.70 Å². The number of nitrogens with zero attached hydrogens (tertiary/aromatic N) is 2. The SMILES string of the molecule is O=[NH+]c1cccc(C(=O)CC2c3ccccc3-c3cncn32)c1. The number of nitroso groups, excluding NO2 is 1. The Morgan fingerprint density at radius 2 is 2.04 bits per heavy atom. The number of nitrogens with one attached hydrogen (secondary N) is 1. The molecular formula is C18H14N3O2+. The monoisotopic (exact) mass is 304 g/mol. The summed E-state index contributed by atoms with van der Waals surface area (Å²) in [5.41, 5.74) is 4.23. The summed E-state index contributed by atoms with van der Waals surface area (Å²) in [4.78, 5) is 27.6. The van der Waals surface area contributed by atoms with Gasteiger partial charge in [-0.25, -0.2) is 4.98 Å². The summed E-state index contributed by atoms with van der Waals surface area (Å²) < 4.78 is 2.04. The Balaban J connectivity index is 1.69. The first-order chi connectivity index (χ1) is 11.3. The van der Waals surface area contributed by atoms with Crippen molar-refractivity contribution in [3.05, 3.63) is 77.1 Å². The predicted molar refractivity (Wildman–Crippen MR) is 85.2 cm³/mol. The quantitative estimate of drug-likeness (QED) is 0.752. The van der Waals surface area contributed by atoms with Crippen molar-refractivity contribution in [1.82, 2.24) is 9.55 Å². The number of carbonyl (C=O) groups is 1. The molecule has 0 aliphatic carbocycles. The van der Waals surface area contributed by atoms with Gasteiger partial charge in [0.2, 0.25) is 0 Å². The number of benzene rings is 2. The number of rotatable bonds is 4. The van der Waals surface area contributed by atoms with E-state index in [2.05, 4.69) is 17.1 Å². The molecule has 23 heavy (non-hydrogen) atoms. The van der Waals surface area contributed by atoms with Crippen molar-refractivity contribution in [2.45, 2.75) is 12.5 Å². The Kier molecular flexibility index (Phi) is 3.12. The molecule has 5 nitrogen and oxygen atoms in total. The van der Waals surface area contributed by atoms with E-state index in [1.54, 1.807) is 30.6 Å². The Morgan fingerprint density at radius 1 is 1.17 bits per heavy atom. The van der Waals surface area contributed by atoms with Crippen LogP contribution in [0.3, 0.4) is 0 Å². The molecule has 0 spiro atoms. The highest BCUT2D eigenvalue weighted by molar-refractivity contribution is 5.97. The largest absolute Gasteiger partial charge is 0.322 e. The normalized spacial score (nSPS) is 15.0. The highest BCUT2D eigenvalue weighted by Crippen LogP contribution is 2.41. The van der Waals surface area contributed by atoms with E-state index in [-0.39, 0.29) is 11.8 Å². The van der Waals surface area contributed by atoms with E-state index in [0.29, 0.717) is 17.7 Å². The molecule has 0 fully saturated rings. The maximum absolute atomic E-state index is 12.6. The number of hydrogen-bond donors (Lipinski definition) is 1. The van der Waals surface area contributed by atoms with Crippen LogP contribution in [0.5, 0.6) is 0 Å². The summed E-state index contributed by atoms with van der Waals surface area (Å²) in [5.74, 6) is 0.00320. The van der Waals surface area contributed by atoms with Crippen LogP contribution in [0, 0.1) is 4.91 Å². The number of carbonyl (C=O) groups excluding carboxylic acids is 1. The van der Waals surface area contributed by atoms with Gasteiger partial charge >= 0.3 is 0 Å². The van der Waals surface area contributed by atoms with Gasteiger partial charge in [0.05, 0.1) is 24.3 Å². The molecule has 112 valence electrons. The minimum atomic E-state index is -0.0555. The number of fused-ring (bicyclic) bond motifs is 3. The lowest BCUT2D eigenvalue weighted by molar-refractivity contribution is -0.379. The zero-order chi connectivity index (χ0) is 15.8. The third-order valence-electron chi connectivity index (χ3n) is 4.28. The van der Waals surface area contributed by atoms with Crippen LogP contribution in [0.4, 0.5) is 5.69 Å². The number of aromatic nitrogens is 2. The molecule has 2 heterocycles. The van der Waals surface area contributed by atoms with Crippen LogP contribution in [0.25, 0.3) is 11.3 Å². The molecule has 1 aliphatic heterocycles. The van der Waals surface area contributed by atoms with Crippen LogP contribution in [-0.4, -0.2) is 15.3 Å². The Labute approximate surface area is 132 Å². The lowest BCUT2D eigenvalue weighted by atomic mass is 9.96. The average molecular weight is 304 g/mol. The summed E-state index contributed by atoms with van der Waals surface area (Å²) in [6, 6.07) is 14.7. The van der Waals surface area contributed by atoms with Gasteiger partial charge in [0.15, 0.2) is 5.78 Å². The van der Waals surface area contributed by atoms with Gasteiger partial charge in [-0.15, -0.1) is 0 Å². The minimum Gasteiger partial charge on any atom is -0.322 e. The minimum absolute atomic E-state index is 0.00320. The van der Waals surface area contributed by atoms with E-state index >= 15 is 0 Å².